The van der Waals surface area contributed by atoms with Crippen LogP contribution in [0.4, 0.5) is 4.79 Å². The lowest BCUT2D eigenvalue weighted by molar-refractivity contribution is -0.138. The van der Waals surface area contributed by atoms with Gasteiger partial charge in [0.15, 0.2) is 0 Å². The Balaban J connectivity index is 1.55. The second kappa shape index (κ2) is 11.3. The number of carbonyl (C=O) groups is 2. The van der Waals surface area contributed by atoms with E-state index < -0.39 is 12.2 Å². The number of unbranched alkanes of at least 4 members (excludes halogenated alkanes) is 2. The number of hydrogen-bond acceptors (Lipinski definition) is 7. The van der Waals surface area contributed by atoms with Crippen molar-refractivity contribution in [1.29, 1.82) is 0 Å². The summed E-state index contributed by atoms with van der Waals surface area (Å²) in [6.45, 7) is 5.24. The third kappa shape index (κ3) is 5.58. The van der Waals surface area contributed by atoms with Crippen molar-refractivity contribution in [2.75, 3.05) is 26.8 Å². The summed E-state index contributed by atoms with van der Waals surface area (Å²) in [5.74, 6) is 0.803. The molecule has 1 aromatic carbocycles. The molecule has 4 unspecified atom stereocenters. The van der Waals surface area contributed by atoms with E-state index in [2.05, 4.69) is 29.5 Å². The fraction of sp³-hybridized carbons (Fsp3) is 0.577. The molecule has 3 amide bonds. The monoisotopic (exact) mass is 483 g/mol. The van der Waals surface area contributed by atoms with E-state index in [0.29, 0.717) is 13.2 Å². The predicted molar refractivity (Wildman–Crippen MR) is 134 cm³/mol. The van der Waals surface area contributed by atoms with Gasteiger partial charge in [-0.2, -0.15) is 0 Å². The predicted octanol–water partition coefficient (Wildman–Crippen LogP) is 2.34. The van der Waals surface area contributed by atoms with Gasteiger partial charge in [-0.1, -0.05) is 32.8 Å². The number of urea groups is 1. The molecule has 1 aromatic heterocycles. The number of carbonyl (C=O) groups excluding carboxylic acids is 2. The van der Waals surface area contributed by atoms with Crippen molar-refractivity contribution < 1.29 is 19.4 Å². The highest BCUT2D eigenvalue weighted by Crippen LogP contribution is 2.27. The molecule has 3 heterocycles. The van der Waals surface area contributed by atoms with Gasteiger partial charge in [-0.25, -0.2) is 4.79 Å². The molecule has 9 heteroatoms. The van der Waals surface area contributed by atoms with E-state index in [9.17, 15) is 9.59 Å². The van der Waals surface area contributed by atoms with Gasteiger partial charge < -0.3 is 14.7 Å². The molecule has 2 fully saturated rings. The molecule has 9 nitrogen and oxygen atoms in total. The van der Waals surface area contributed by atoms with Crippen LogP contribution in [0.15, 0.2) is 36.5 Å². The highest BCUT2D eigenvalue weighted by atomic mass is 16.5. The first-order chi connectivity index (χ1) is 16.9. The number of pyridine rings is 1. The Kier molecular flexibility index (Phi) is 8.20. The Morgan fingerprint density at radius 3 is 2.69 bits per heavy atom. The standard InChI is InChI=1S/C26H37N5O4/c1-17(2)15-31-24-23(25(33)30(3)26(31)34)28-20(10-5-4-6-14-32)21(29-24)16-35-22-12-7-11-19-18(22)9-8-13-27-19/h7-9,11-13,17,20-21,23-24,28-29,32H,4-6,10,14-16H2,1-3H3. The Bertz CT molecular complexity index is 1030. The molecule has 4 atom stereocenters. The number of nitrogens with one attached hydrogen (secondary N) is 2. The van der Waals surface area contributed by atoms with E-state index in [1.165, 1.54) is 4.90 Å². The lowest BCUT2D eigenvalue weighted by Gasteiger charge is -2.51. The molecule has 2 saturated heterocycles. The number of fused-ring (bicyclic) bond motifs is 2. The number of nitrogens with zero attached hydrogens (tertiary/aromatic N) is 3. The average molecular weight is 484 g/mol. The van der Waals surface area contributed by atoms with Crippen LogP contribution in [0.2, 0.25) is 0 Å². The summed E-state index contributed by atoms with van der Waals surface area (Å²) < 4.78 is 6.31. The number of likely N-dealkylation sites (N-methyl/N-ethyl adjacent to an activating group) is 1. The highest BCUT2D eigenvalue weighted by molar-refractivity contribution is 6.00. The van der Waals surface area contributed by atoms with Gasteiger partial charge in [0.1, 0.15) is 24.6 Å². The Hall–Kier alpha value is -2.75. The number of imide groups is 1. The van der Waals surface area contributed by atoms with Gasteiger partial charge in [-0.3, -0.25) is 25.3 Å². The fourth-order valence-corrected chi connectivity index (χ4v) is 5.03. The van der Waals surface area contributed by atoms with Crippen LogP contribution in [-0.2, 0) is 4.79 Å². The molecule has 2 aliphatic heterocycles. The molecule has 190 valence electrons. The van der Waals surface area contributed by atoms with E-state index >= 15 is 0 Å². The topological polar surface area (TPSA) is 107 Å². The molecule has 3 N–H and O–H groups in total. The molecular weight excluding hydrogens is 446 g/mol. The zero-order valence-corrected chi connectivity index (χ0v) is 20.8. The van der Waals surface area contributed by atoms with Crippen molar-refractivity contribution in [2.45, 2.75) is 63.8 Å². The number of aliphatic hydroxyl groups is 1. The summed E-state index contributed by atoms with van der Waals surface area (Å²) in [5.41, 5.74) is 0.870. The molecule has 0 radical (unpaired) electrons. The fourth-order valence-electron chi connectivity index (χ4n) is 5.03. The summed E-state index contributed by atoms with van der Waals surface area (Å²) in [7, 11) is 1.55. The van der Waals surface area contributed by atoms with Crippen LogP contribution in [-0.4, -0.2) is 82.9 Å². The first kappa shape index (κ1) is 25.3. The number of aromatic nitrogens is 1. The lowest BCUT2D eigenvalue weighted by atomic mass is 9.93. The largest absolute Gasteiger partial charge is 0.491 e. The van der Waals surface area contributed by atoms with Crippen LogP contribution in [0, 0.1) is 5.92 Å². The normalized spacial score (nSPS) is 24.8. The Morgan fingerprint density at radius 1 is 1.09 bits per heavy atom. The smallest absolute Gasteiger partial charge is 0.327 e. The number of aliphatic hydroxyl groups excluding tert-OH is 1. The van der Waals surface area contributed by atoms with E-state index in [0.717, 1.165) is 42.3 Å². The molecule has 0 spiro atoms. The number of piperazine rings is 1. The average Bonchev–Trinajstić information content (AvgIpc) is 2.86. The summed E-state index contributed by atoms with van der Waals surface area (Å²) in [5, 5.41) is 17.3. The second-order valence-electron chi connectivity index (χ2n) is 9.91. The van der Waals surface area contributed by atoms with Crippen molar-refractivity contribution in [3.63, 3.8) is 0 Å². The van der Waals surface area contributed by atoms with Crippen LogP contribution in [0.3, 0.4) is 0 Å². The van der Waals surface area contributed by atoms with Crippen molar-refractivity contribution in [3.05, 3.63) is 36.5 Å². The maximum atomic E-state index is 13.1. The quantitative estimate of drug-likeness (QED) is 0.445. The van der Waals surface area contributed by atoms with Crippen molar-refractivity contribution in [1.82, 2.24) is 25.4 Å². The van der Waals surface area contributed by atoms with E-state index in [4.69, 9.17) is 9.84 Å². The summed E-state index contributed by atoms with van der Waals surface area (Å²) in [6, 6.07) is 8.78. The van der Waals surface area contributed by atoms with E-state index in [1.807, 2.05) is 30.3 Å². The molecule has 0 bridgehead atoms. The third-order valence-corrected chi connectivity index (χ3v) is 6.80. The van der Waals surface area contributed by atoms with Gasteiger partial charge in [0.25, 0.3) is 5.91 Å². The number of rotatable bonds is 10. The van der Waals surface area contributed by atoms with Gasteiger partial charge >= 0.3 is 6.03 Å². The van der Waals surface area contributed by atoms with E-state index in [1.54, 1.807) is 18.1 Å². The van der Waals surface area contributed by atoms with Crippen molar-refractivity contribution >= 4 is 22.8 Å². The maximum Gasteiger partial charge on any atom is 0.327 e. The number of ether oxygens (including phenoxy) is 1. The van der Waals surface area contributed by atoms with Crippen molar-refractivity contribution in [2.24, 2.45) is 5.92 Å². The van der Waals surface area contributed by atoms with Gasteiger partial charge in [0.05, 0.1) is 11.6 Å². The first-order valence-corrected chi connectivity index (χ1v) is 12.6. The van der Waals surface area contributed by atoms with Crippen LogP contribution in [0.25, 0.3) is 10.9 Å². The number of benzene rings is 1. The molecule has 4 rings (SSSR count). The Morgan fingerprint density at radius 2 is 1.91 bits per heavy atom. The van der Waals surface area contributed by atoms with Gasteiger partial charge in [-0.05, 0) is 43.0 Å². The first-order valence-electron chi connectivity index (χ1n) is 12.6. The summed E-state index contributed by atoms with van der Waals surface area (Å²) in [4.78, 5) is 33.4. The molecule has 35 heavy (non-hydrogen) atoms. The van der Waals surface area contributed by atoms with Gasteiger partial charge in [0, 0.05) is 37.8 Å². The van der Waals surface area contributed by atoms with Crippen LogP contribution < -0.4 is 15.4 Å². The third-order valence-electron chi connectivity index (χ3n) is 6.80. The summed E-state index contributed by atoms with van der Waals surface area (Å²) >= 11 is 0. The van der Waals surface area contributed by atoms with Crippen LogP contribution in [0.1, 0.15) is 39.5 Å². The summed E-state index contributed by atoms with van der Waals surface area (Å²) in [6.07, 6.45) is 4.75. The molecule has 0 aliphatic carbocycles. The highest BCUT2D eigenvalue weighted by Gasteiger charge is 2.50. The van der Waals surface area contributed by atoms with Crippen LogP contribution >= 0.6 is 0 Å². The zero-order chi connectivity index (χ0) is 24.9. The maximum absolute atomic E-state index is 13.1. The molecule has 2 aromatic rings. The number of amides is 3. The molecule has 2 aliphatic rings. The minimum absolute atomic E-state index is 0.0190. The number of hydrogen-bond donors (Lipinski definition) is 3. The van der Waals surface area contributed by atoms with E-state index in [-0.39, 0.29) is 36.5 Å². The van der Waals surface area contributed by atoms with Gasteiger partial charge in [-0.15, -0.1) is 0 Å². The minimum atomic E-state index is -0.516. The second-order valence-corrected chi connectivity index (χ2v) is 9.91. The van der Waals surface area contributed by atoms with Gasteiger partial charge in [0.2, 0.25) is 0 Å². The Labute approximate surface area is 206 Å². The van der Waals surface area contributed by atoms with Crippen molar-refractivity contribution in [3.8, 4) is 5.75 Å². The lowest BCUT2D eigenvalue weighted by Crippen LogP contribution is -2.79. The van der Waals surface area contributed by atoms with Crippen LogP contribution in [0.5, 0.6) is 5.75 Å². The molecule has 0 saturated carbocycles. The minimum Gasteiger partial charge on any atom is -0.491 e. The SMILES string of the molecule is CC(C)CN1C(=O)N(C)C(=O)C2NC(CCCCCO)C(COc3cccc4ncccc34)NC21. The molecular formula is C26H37N5O4. The zero-order valence-electron chi connectivity index (χ0n) is 20.8.